The number of allylic oxidation sites excluding steroid dienone is 1. The number of carbonyl (C=O) groups excluding carboxylic acids is 2. The number of ether oxygens (including phenoxy) is 1. The number of esters is 1. The highest BCUT2D eigenvalue weighted by molar-refractivity contribution is 5.99. The van der Waals surface area contributed by atoms with Crippen molar-refractivity contribution in [2.24, 2.45) is 0 Å². The maximum Gasteiger partial charge on any atom is 0.333 e. The van der Waals surface area contributed by atoms with Crippen LogP contribution in [-0.2, 0) is 14.3 Å². The molecule has 0 aromatic heterocycles. The van der Waals surface area contributed by atoms with Crippen LogP contribution in [0.2, 0.25) is 0 Å². The van der Waals surface area contributed by atoms with E-state index >= 15 is 0 Å². The Bertz CT molecular complexity index is 232. The zero-order valence-electron chi connectivity index (χ0n) is 6.38. The van der Waals surface area contributed by atoms with E-state index in [0.29, 0.717) is 0 Å². The van der Waals surface area contributed by atoms with Crippen LogP contribution in [0.5, 0.6) is 0 Å². The van der Waals surface area contributed by atoms with Crippen molar-refractivity contribution in [2.75, 3.05) is 0 Å². The van der Waals surface area contributed by atoms with E-state index in [0.717, 1.165) is 0 Å². The summed E-state index contributed by atoms with van der Waals surface area (Å²) in [6.45, 7) is 3.21. The first-order valence-electron chi connectivity index (χ1n) is 3.34. The normalized spacial score (nSPS) is 28.2. The lowest BCUT2D eigenvalue weighted by Crippen LogP contribution is -2.46. The highest BCUT2D eigenvalue weighted by atomic mass is 16.5. The molecule has 0 aromatic carbocycles. The lowest BCUT2D eigenvalue weighted by atomic mass is 10.3. The van der Waals surface area contributed by atoms with Gasteiger partial charge >= 0.3 is 5.97 Å². The summed E-state index contributed by atoms with van der Waals surface area (Å²) >= 11 is 0. The fourth-order valence-electron chi connectivity index (χ4n) is 0.760. The average Bonchev–Trinajstić information content (AvgIpc) is 1.97. The second-order valence-corrected chi connectivity index (χ2v) is 2.27. The number of cyclic esters (lactones) is 1. The molecule has 11 heavy (non-hydrogen) atoms. The fraction of sp³-hybridized carbons (Fsp3) is 0.429. The van der Waals surface area contributed by atoms with E-state index < -0.39 is 12.0 Å². The fourth-order valence-corrected chi connectivity index (χ4v) is 0.760. The van der Waals surface area contributed by atoms with E-state index in [1.54, 1.807) is 13.8 Å². The predicted molar refractivity (Wildman–Crippen MR) is 37.5 cm³/mol. The molecule has 60 valence electrons. The van der Waals surface area contributed by atoms with Crippen molar-refractivity contribution in [3.05, 3.63) is 11.8 Å². The number of carbonyl (C=O) groups is 2. The topological polar surface area (TPSA) is 55.4 Å². The van der Waals surface area contributed by atoms with Crippen molar-refractivity contribution in [3.8, 4) is 0 Å². The van der Waals surface area contributed by atoms with Crippen LogP contribution in [0, 0.1) is 0 Å². The van der Waals surface area contributed by atoms with Crippen LogP contribution >= 0.6 is 0 Å². The lowest BCUT2D eigenvalue weighted by molar-refractivity contribution is -0.150. The third-order valence-electron chi connectivity index (χ3n) is 1.40. The first-order valence-corrected chi connectivity index (χ1v) is 3.34. The molecule has 1 rings (SSSR count). The second-order valence-electron chi connectivity index (χ2n) is 2.27. The van der Waals surface area contributed by atoms with Gasteiger partial charge < -0.3 is 10.1 Å². The molecule has 0 aromatic rings. The van der Waals surface area contributed by atoms with Gasteiger partial charge in [0, 0.05) is 0 Å². The Morgan fingerprint density at radius 2 is 2.18 bits per heavy atom. The number of nitrogens with one attached hydrogen (secondary N) is 1. The van der Waals surface area contributed by atoms with E-state index in [-0.39, 0.29) is 11.7 Å². The van der Waals surface area contributed by atoms with Gasteiger partial charge in [0.2, 0.25) is 0 Å². The van der Waals surface area contributed by atoms with Crippen molar-refractivity contribution in [2.45, 2.75) is 19.9 Å². The molecule has 0 bridgehead atoms. The van der Waals surface area contributed by atoms with Crippen molar-refractivity contribution in [3.63, 3.8) is 0 Å². The smallest absolute Gasteiger partial charge is 0.333 e. The zero-order valence-corrected chi connectivity index (χ0v) is 6.38. The van der Waals surface area contributed by atoms with Gasteiger partial charge in [0.1, 0.15) is 6.04 Å². The number of hydrogen-bond donors (Lipinski definition) is 1. The lowest BCUT2D eigenvalue weighted by Gasteiger charge is -2.19. The van der Waals surface area contributed by atoms with Crippen LogP contribution in [0.15, 0.2) is 11.8 Å². The summed E-state index contributed by atoms with van der Waals surface area (Å²) in [4.78, 5) is 21.8. The van der Waals surface area contributed by atoms with Gasteiger partial charge in [-0.25, -0.2) is 4.79 Å². The van der Waals surface area contributed by atoms with Gasteiger partial charge in [-0.3, -0.25) is 4.79 Å². The number of rotatable bonds is 0. The molecule has 1 saturated heterocycles. The highest BCUT2D eigenvalue weighted by Gasteiger charge is 2.27. The third-order valence-corrected chi connectivity index (χ3v) is 1.40. The van der Waals surface area contributed by atoms with Gasteiger partial charge in [-0.1, -0.05) is 0 Å². The molecule has 0 spiro atoms. The molecule has 1 fully saturated rings. The monoisotopic (exact) mass is 155 g/mol. The first-order chi connectivity index (χ1) is 5.15. The quantitative estimate of drug-likeness (QED) is 0.394. The Morgan fingerprint density at radius 3 is 2.73 bits per heavy atom. The minimum absolute atomic E-state index is 0.0769. The first kappa shape index (κ1) is 7.78. The molecule has 4 heteroatoms. The molecule has 4 nitrogen and oxygen atoms in total. The number of amides is 1. The summed E-state index contributed by atoms with van der Waals surface area (Å²) in [5, 5.41) is 2.45. The Balaban J connectivity index is 2.78. The predicted octanol–water partition coefficient (Wildman–Crippen LogP) is -0.0483. The van der Waals surface area contributed by atoms with E-state index in [1.165, 1.54) is 6.08 Å². The van der Waals surface area contributed by atoms with Gasteiger partial charge in [-0.2, -0.15) is 0 Å². The van der Waals surface area contributed by atoms with Crippen molar-refractivity contribution >= 4 is 11.9 Å². The zero-order chi connectivity index (χ0) is 8.43. The molecular formula is C7H9NO3. The molecule has 1 aliphatic heterocycles. The summed E-state index contributed by atoms with van der Waals surface area (Å²) < 4.78 is 4.67. The Kier molecular flexibility index (Phi) is 1.94. The van der Waals surface area contributed by atoms with Crippen LogP contribution in [0.1, 0.15) is 13.8 Å². The maximum atomic E-state index is 10.9. The minimum Gasteiger partial charge on any atom is -0.419 e. The van der Waals surface area contributed by atoms with Crippen LogP contribution in [0.4, 0.5) is 0 Å². The Morgan fingerprint density at radius 1 is 1.55 bits per heavy atom. The third kappa shape index (κ3) is 1.39. The summed E-state index contributed by atoms with van der Waals surface area (Å²) in [5.74, 6) is -0.676. The van der Waals surface area contributed by atoms with Crippen LogP contribution in [0.25, 0.3) is 0 Å². The van der Waals surface area contributed by atoms with E-state index in [9.17, 15) is 9.59 Å². The summed E-state index contributed by atoms with van der Waals surface area (Å²) in [6, 6.07) is -0.536. The standard InChI is InChI=1S/C7H9NO3/c1-3-5-6(9)8-4(2)7(10)11-5/h3-4H,1-2H3,(H,8,9)/b5-3-. The number of hydrogen-bond acceptors (Lipinski definition) is 3. The molecule has 1 amide bonds. The van der Waals surface area contributed by atoms with Crippen LogP contribution < -0.4 is 5.32 Å². The molecule has 0 aliphatic carbocycles. The largest absolute Gasteiger partial charge is 0.419 e. The van der Waals surface area contributed by atoms with Crippen LogP contribution in [0.3, 0.4) is 0 Å². The van der Waals surface area contributed by atoms with Gasteiger partial charge in [0.05, 0.1) is 0 Å². The molecule has 1 atom stereocenters. The second kappa shape index (κ2) is 2.74. The number of morpholine rings is 1. The molecular weight excluding hydrogens is 146 g/mol. The van der Waals surface area contributed by atoms with Gasteiger partial charge in [0.25, 0.3) is 5.91 Å². The minimum atomic E-state index is -0.536. The average molecular weight is 155 g/mol. The van der Waals surface area contributed by atoms with Gasteiger partial charge in [-0.05, 0) is 19.9 Å². The van der Waals surface area contributed by atoms with Gasteiger partial charge in [-0.15, -0.1) is 0 Å². The van der Waals surface area contributed by atoms with E-state index in [2.05, 4.69) is 10.1 Å². The summed E-state index contributed by atoms with van der Waals surface area (Å²) in [7, 11) is 0. The van der Waals surface area contributed by atoms with Crippen molar-refractivity contribution in [1.29, 1.82) is 0 Å². The molecule has 0 saturated carbocycles. The van der Waals surface area contributed by atoms with E-state index in [4.69, 9.17) is 0 Å². The van der Waals surface area contributed by atoms with Crippen LogP contribution in [-0.4, -0.2) is 17.9 Å². The SMILES string of the molecule is C/C=C1\OC(=O)C(C)NC1=O. The molecule has 1 unspecified atom stereocenters. The Labute approximate surface area is 64.2 Å². The maximum absolute atomic E-state index is 10.9. The molecule has 1 aliphatic rings. The summed E-state index contributed by atoms with van der Waals surface area (Å²) in [6.07, 6.45) is 1.46. The Hall–Kier alpha value is -1.32. The van der Waals surface area contributed by atoms with Crippen molar-refractivity contribution < 1.29 is 14.3 Å². The van der Waals surface area contributed by atoms with Gasteiger partial charge in [0.15, 0.2) is 5.76 Å². The molecule has 0 radical (unpaired) electrons. The molecule has 1 N–H and O–H groups in total. The van der Waals surface area contributed by atoms with Crippen molar-refractivity contribution in [1.82, 2.24) is 5.32 Å². The summed E-state index contributed by atoms with van der Waals surface area (Å²) in [5.41, 5.74) is 0. The highest BCUT2D eigenvalue weighted by Crippen LogP contribution is 2.06. The molecule has 1 heterocycles. The van der Waals surface area contributed by atoms with E-state index in [1.807, 2.05) is 0 Å².